The van der Waals surface area contributed by atoms with Gasteiger partial charge in [0.05, 0.1) is 12.6 Å². The van der Waals surface area contributed by atoms with Crippen LogP contribution in [0.2, 0.25) is 0 Å². The van der Waals surface area contributed by atoms with Crippen molar-refractivity contribution in [2.75, 3.05) is 13.1 Å². The molecular formula is C19H17FN2O2. The van der Waals surface area contributed by atoms with E-state index in [0.717, 1.165) is 10.9 Å². The van der Waals surface area contributed by atoms with Gasteiger partial charge in [0, 0.05) is 29.6 Å². The Balaban J connectivity index is 1.78. The summed E-state index contributed by atoms with van der Waals surface area (Å²) in [4.78, 5) is 14.3. The van der Waals surface area contributed by atoms with Crippen molar-refractivity contribution in [2.45, 2.75) is 12.6 Å². The Kier molecular flexibility index (Phi) is 3.58. The molecule has 1 aromatic heterocycles. The van der Waals surface area contributed by atoms with Gasteiger partial charge in [-0.25, -0.2) is 4.39 Å². The number of likely N-dealkylation sites (tertiary alicyclic amines) is 1. The van der Waals surface area contributed by atoms with Gasteiger partial charge in [0.25, 0.3) is 5.91 Å². The third-order valence-corrected chi connectivity index (χ3v) is 4.47. The molecule has 3 aromatic rings. The molecule has 122 valence electrons. The lowest BCUT2D eigenvalue weighted by molar-refractivity contribution is 0.00525. The van der Waals surface area contributed by atoms with Crippen molar-refractivity contribution in [2.24, 2.45) is 0 Å². The molecule has 1 aliphatic rings. The van der Waals surface area contributed by atoms with Crippen molar-refractivity contribution >= 4 is 16.8 Å². The van der Waals surface area contributed by atoms with Crippen molar-refractivity contribution < 1.29 is 14.3 Å². The number of hydrogen-bond donors (Lipinski definition) is 1. The highest BCUT2D eigenvalue weighted by Crippen LogP contribution is 2.24. The van der Waals surface area contributed by atoms with Crippen LogP contribution < -0.4 is 0 Å². The lowest BCUT2D eigenvalue weighted by Crippen LogP contribution is -2.53. The Labute approximate surface area is 138 Å². The summed E-state index contributed by atoms with van der Waals surface area (Å²) in [5, 5.41) is 10.4. The van der Waals surface area contributed by atoms with Crippen molar-refractivity contribution in [3.05, 3.63) is 71.7 Å². The summed E-state index contributed by atoms with van der Waals surface area (Å²) in [6.07, 6.45) is -0.446. The smallest absolute Gasteiger partial charge is 0.270 e. The first kappa shape index (κ1) is 14.9. The molecule has 1 aliphatic heterocycles. The molecule has 0 saturated carbocycles. The van der Waals surface area contributed by atoms with Crippen molar-refractivity contribution in [3.63, 3.8) is 0 Å². The maximum Gasteiger partial charge on any atom is 0.270 e. The van der Waals surface area contributed by atoms with Gasteiger partial charge in [0.1, 0.15) is 11.5 Å². The normalized spacial score (nSPS) is 14.8. The van der Waals surface area contributed by atoms with Crippen LogP contribution in [0.5, 0.6) is 0 Å². The van der Waals surface area contributed by atoms with Crippen LogP contribution in [0, 0.1) is 5.82 Å². The summed E-state index contributed by atoms with van der Waals surface area (Å²) in [6, 6.07) is 16.1. The van der Waals surface area contributed by atoms with E-state index in [1.54, 1.807) is 23.1 Å². The molecule has 1 amide bonds. The second kappa shape index (κ2) is 5.76. The number of carbonyl (C=O) groups is 1. The van der Waals surface area contributed by atoms with Crippen LogP contribution in [0.4, 0.5) is 4.39 Å². The lowest BCUT2D eigenvalue weighted by Gasteiger charge is -2.36. The van der Waals surface area contributed by atoms with Crippen LogP contribution in [0.25, 0.3) is 10.9 Å². The maximum absolute atomic E-state index is 14.1. The number of aliphatic hydroxyl groups excluding tert-OH is 1. The number of para-hydroxylation sites is 1. The first-order chi connectivity index (χ1) is 11.6. The van der Waals surface area contributed by atoms with Gasteiger partial charge in [0.2, 0.25) is 0 Å². The Morgan fingerprint density at radius 3 is 2.58 bits per heavy atom. The number of benzene rings is 2. The summed E-state index contributed by atoms with van der Waals surface area (Å²) in [7, 11) is 0. The van der Waals surface area contributed by atoms with Gasteiger partial charge < -0.3 is 14.6 Å². The molecule has 2 aromatic carbocycles. The Bertz CT molecular complexity index is 913. The van der Waals surface area contributed by atoms with Gasteiger partial charge in [-0.15, -0.1) is 0 Å². The monoisotopic (exact) mass is 324 g/mol. The number of rotatable bonds is 3. The number of halogens is 1. The summed E-state index contributed by atoms with van der Waals surface area (Å²) >= 11 is 0. The van der Waals surface area contributed by atoms with Crippen molar-refractivity contribution in [1.82, 2.24) is 9.47 Å². The Morgan fingerprint density at radius 2 is 1.83 bits per heavy atom. The average molecular weight is 324 g/mol. The molecule has 1 N–H and O–H groups in total. The molecule has 1 saturated heterocycles. The van der Waals surface area contributed by atoms with E-state index in [2.05, 4.69) is 0 Å². The number of aliphatic hydroxyl groups is 1. The van der Waals surface area contributed by atoms with E-state index >= 15 is 0 Å². The number of carbonyl (C=O) groups excluding carboxylic acids is 1. The minimum atomic E-state index is -0.446. The number of nitrogens with zero attached hydrogens (tertiary/aromatic N) is 2. The minimum absolute atomic E-state index is 0.132. The topological polar surface area (TPSA) is 45.5 Å². The van der Waals surface area contributed by atoms with E-state index in [4.69, 9.17) is 0 Å². The predicted molar refractivity (Wildman–Crippen MR) is 89.4 cm³/mol. The van der Waals surface area contributed by atoms with Crippen LogP contribution >= 0.6 is 0 Å². The third-order valence-electron chi connectivity index (χ3n) is 4.47. The Morgan fingerprint density at radius 1 is 1.12 bits per heavy atom. The van der Waals surface area contributed by atoms with Gasteiger partial charge in [-0.1, -0.05) is 36.4 Å². The highest BCUT2D eigenvalue weighted by molar-refractivity contribution is 5.99. The van der Waals surface area contributed by atoms with E-state index in [1.807, 2.05) is 34.9 Å². The molecule has 4 rings (SSSR count). The highest BCUT2D eigenvalue weighted by Gasteiger charge is 2.31. The quantitative estimate of drug-likeness (QED) is 0.805. The molecule has 0 aliphatic carbocycles. The van der Waals surface area contributed by atoms with Crippen LogP contribution in [0.1, 0.15) is 16.1 Å². The van der Waals surface area contributed by atoms with Gasteiger partial charge >= 0.3 is 0 Å². The second-order valence-electron chi connectivity index (χ2n) is 6.13. The largest absolute Gasteiger partial charge is 0.389 e. The molecule has 0 bridgehead atoms. The molecule has 0 radical (unpaired) electrons. The van der Waals surface area contributed by atoms with Crippen LogP contribution in [0.15, 0.2) is 54.6 Å². The van der Waals surface area contributed by atoms with Crippen molar-refractivity contribution in [3.8, 4) is 0 Å². The molecule has 1 fully saturated rings. The first-order valence-electron chi connectivity index (χ1n) is 7.92. The number of fused-ring (bicyclic) bond motifs is 1. The fraction of sp³-hybridized carbons (Fsp3) is 0.211. The van der Waals surface area contributed by atoms with E-state index in [-0.39, 0.29) is 18.3 Å². The number of amides is 1. The molecule has 2 heterocycles. The summed E-state index contributed by atoms with van der Waals surface area (Å²) in [5.41, 5.74) is 1.95. The zero-order valence-electron chi connectivity index (χ0n) is 13.0. The predicted octanol–water partition coefficient (Wildman–Crippen LogP) is 2.65. The molecule has 0 unspecified atom stereocenters. The number of aromatic nitrogens is 1. The zero-order valence-corrected chi connectivity index (χ0v) is 13.0. The average Bonchev–Trinajstić information content (AvgIpc) is 2.92. The summed E-state index contributed by atoms with van der Waals surface area (Å²) < 4.78 is 15.9. The SMILES string of the molecule is O=C(c1cc2ccccc2n1Cc1ccccc1F)N1CC(O)C1. The fourth-order valence-corrected chi connectivity index (χ4v) is 3.14. The first-order valence-corrected chi connectivity index (χ1v) is 7.92. The van der Waals surface area contributed by atoms with E-state index in [9.17, 15) is 14.3 Å². The lowest BCUT2D eigenvalue weighted by atomic mass is 10.1. The molecule has 0 spiro atoms. The molecular weight excluding hydrogens is 307 g/mol. The van der Waals surface area contributed by atoms with E-state index in [1.165, 1.54) is 6.07 Å². The van der Waals surface area contributed by atoms with E-state index in [0.29, 0.717) is 24.3 Å². The van der Waals surface area contributed by atoms with Gasteiger partial charge in [-0.2, -0.15) is 0 Å². The Hall–Kier alpha value is -2.66. The summed E-state index contributed by atoms with van der Waals surface area (Å²) in [6.45, 7) is 0.984. The molecule has 4 nitrogen and oxygen atoms in total. The van der Waals surface area contributed by atoms with Crippen LogP contribution in [-0.2, 0) is 6.54 Å². The van der Waals surface area contributed by atoms with Crippen LogP contribution in [0.3, 0.4) is 0 Å². The number of β-amino-alcohol motifs (C(OH)–C–C–N with tert-alkyl or cyclic N) is 1. The number of hydrogen-bond acceptors (Lipinski definition) is 2. The van der Waals surface area contributed by atoms with Gasteiger partial charge in [-0.3, -0.25) is 4.79 Å². The molecule has 24 heavy (non-hydrogen) atoms. The zero-order chi connectivity index (χ0) is 16.7. The summed E-state index contributed by atoms with van der Waals surface area (Å²) in [5.74, 6) is -0.416. The fourth-order valence-electron chi connectivity index (χ4n) is 3.14. The van der Waals surface area contributed by atoms with Gasteiger partial charge in [0.15, 0.2) is 0 Å². The van der Waals surface area contributed by atoms with E-state index < -0.39 is 6.10 Å². The maximum atomic E-state index is 14.1. The standard InChI is InChI=1S/C19H17FN2O2/c20-16-7-3-1-6-14(16)10-22-17-8-4-2-5-13(17)9-18(22)19(24)21-11-15(23)12-21/h1-9,15,23H,10-12H2. The van der Waals surface area contributed by atoms with Crippen molar-refractivity contribution in [1.29, 1.82) is 0 Å². The highest BCUT2D eigenvalue weighted by atomic mass is 19.1. The minimum Gasteiger partial charge on any atom is -0.389 e. The third kappa shape index (κ3) is 2.47. The second-order valence-corrected chi connectivity index (χ2v) is 6.13. The van der Waals surface area contributed by atoms with Crippen LogP contribution in [-0.4, -0.2) is 39.7 Å². The van der Waals surface area contributed by atoms with Gasteiger partial charge in [-0.05, 0) is 18.2 Å². The molecule has 5 heteroatoms. The molecule has 0 atom stereocenters.